The largest absolute Gasteiger partial charge is 0.497 e. The summed E-state index contributed by atoms with van der Waals surface area (Å²) in [5, 5.41) is 12.2. The zero-order valence-electron chi connectivity index (χ0n) is 25.1. The Morgan fingerprint density at radius 3 is 2.49 bits per heavy atom. The van der Waals surface area contributed by atoms with Crippen LogP contribution in [0.1, 0.15) is 49.7 Å². The highest BCUT2D eigenvalue weighted by molar-refractivity contribution is 7.89. The molecule has 1 unspecified atom stereocenters. The zero-order valence-corrected chi connectivity index (χ0v) is 25.9. The first-order chi connectivity index (χ1) is 21.6. The first-order valence-corrected chi connectivity index (χ1v) is 16.7. The van der Waals surface area contributed by atoms with Crippen LogP contribution in [0.15, 0.2) is 71.6 Å². The lowest BCUT2D eigenvalue weighted by molar-refractivity contribution is 0.132. The minimum Gasteiger partial charge on any atom is -0.497 e. The SMILES string of the molecule is COc1ccc(S(=O)(=O)N2CCC(CN(C(=O)Nc3ccc(F)c(F)c3)[C@@H]3CC[C@@]4(c5cccc(C#N)c5)CC4C3)CC2)cc1. The maximum Gasteiger partial charge on any atom is 0.322 e. The Hall–Kier alpha value is -4.01. The van der Waals surface area contributed by atoms with Crippen LogP contribution in [-0.4, -0.2) is 56.4 Å². The summed E-state index contributed by atoms with van der Waals surface area (Å²) in [7, 11) is -2.14. The lowest BCUT2D eigenvalue weighted by atomic mass is 9.79. The third kappa shape index (κ3) is 6.26. The van der Waals surface area contributed by atoms with Gasteiger partial charge < -0.3 is 15.0 Å². The molecule has 2 amide bonds. The molecule has 3 aromatic carbocycles. The number of urea groups is 1. The van der Waals surface area contributed by atoms with Crippen molar-refractivity contribution < 1.29 is 26.7 Å². The highest BCUT2D eigenvalue weighted by Crippen LogP contribution is 2.63. The van der Waals surface area contributed by atoms with E-state index in [9.17, 15) is 27.3 Å². The third-order valence-electron chi connectivity index (χ3n) is 9.88. The highest BCUT2D eigenvalue weighted by atomic mass is 32.2. The van der Waals surface area contributed by atoms with Crippen LogP contribution in [0.25, 0.3) is 0 Å². The zero-order chi connectivity index (χ0) is 31.8. The van der Waals surface area contributed by atoms with Crippen molar-refractivity contribution in [3.05, 3.63) is 89.5 Å². The van der Waals surface area contributed by atoms with Crippen molar-refractivity contribution in [3.8, 4) is 11.8 Å². The second-order valence-electron chi connectivity index (χ2n) is 12.4. The van der Waals surface area contributed by atoms with Crippen molar-refractivity contribution in [2.75, 3.05) is 32.1 Å². The number of nitrogens with one attached hydrogen (secondary N) is 1. The van der Waals surface area contributed by atoms with Gasteiger partial charge in [0, 0.05) is 37.4 Å². The summed E-state index contributed by atoms with van der Waals surface area (Å²) < 4.78 is 60.7. The van der Waals surface area contributed by atoms with Crippen molar-refractivity contribution in [1.29, 1.82) is 5.26 Å². The predicted molar refractivity (Wildman–Crippen MR) is 165 cm³/mol. The first kappa shape index (κ1) is 31.0. The fraction of sp³-hybridized carbons (Fsp3) is 0.412. The number of hydrogen-bond acceptors (Lipinski definition) is 5. The van der Waals surface area contributed by atoms with Gasteiger partial charge in [-0.1, -0.05) is 12.1 Å². The number of nitriles is 1. The summed E-state index contributed by atoms with van der Waals surface area (Å²) in [6.45, 7) is 1.10. The van der Waals surface area contributed by atoms with E-state index in [0.29, 0.717) is 49.7 Å². The topological polar surface area (TPSA) is 103 Å². The molecule has 0 spiro atoms. The van der Waals surface area contributed by atoms with Crippen LogP contribution in [0.2, 0.25) is 0 Å². The molecule has 8 nitrogen and oxygen atoms in total. The smallest absolute Gasteiger partial charge is 0.322 e. The number of methoxy groups -OCH3 is 1. The molecule has 6 rings (SSSR count). The highest BCUT2D eigenvalue weighted by Gasteiger charge is 2.58. The number of rotatable bonds is 8. The lowest BCUT2D eigenvalue weighted by Crippen LogP contribution is -2.49. The number of anilines is 1. The van der Waals surface area contributed by atoms with Crippen LogP contribution >= 0.6 is 0 Å². The van der Waals surface area contributed by atoms with Gasteiger partial charge in [-0.3, -0.25) is 0 Å². The first-order valence-electron chi connectivity index (χ1n) is 15.3. The monoisotopic (exact) mass is 634 g/mol. The van der Waals surface area contributed by atoms with E-state index >= 15 is 0 Å². The molecular weight excluding hydrogens is 598 g/mol. The molecule has 1 aliphatic heterocycles. The molecule has 3 aromatic rings. The van der Waals surface area contributed by atoms with Crippen LogP contribution < -0.4 is 10.1 Å². The number of amides is 2. The van der Waals surface area contributed by atoms with Gasteiger partial charge in [0.1, 0.15) is 5.75 Å². The van der Waals surface area contributed by atoms with Gasteiger partial charge in [0.05, 0.1) is 23.6 Å². The number of sulfonamides is 1. The molecule has 236 valence electrons. The van der Waals surface area contributed by atoms with Crippen molar-refractivity contribution in [2.45, 2.75) is 54.9 Å². The van der Waals surface area contributed by atoms with E-state index in [1.807, 2.05) is 17.0 Å². The van der Waals surface area contributed by atoms with Gasteiger partial charge in [0.15, 0.2) is 11.6 Å². The number of piperidine rings is 1. The number of nitrogens with zero attached hydrogens (tertiary/aromatic N) is 3. The average Bonchev–Trinajstić information content (AvgIpc) is 3.81. The molecule has 0 aromatic heterocycles. The maximum absolute atomic E-state index is 13.9. The van der Waals surface area contributed by atoms with Gasteiger partial charge in [-0.2, -0.15) is 9.57 Å². The Balaban J connectivity index is 1.15. The Morgan fingerprint density at radius 2 is 1.82 bits per heavy atom. The molecule has 2 aliphatic carbocycles. The van der Waals surface area contributed by atoms with Gasteiger partial charge in [-0.05, 0) is 110 Å². The molecule has 45 heavy (non-hydrogen) atoms. The Morgan fingerprint density at radius 1 is 1.07 bits per heavy atom. The van der Waals surface area contributed by atoms with Crippen LogP contribution in [0.3, 0.4) is 0 Å². The van der Waals surface area contributed by atoms with E-state index in [0.717, 1.165) is 37.8 Å². The second-order valence-corrected chi connectivity index (χ2v) is 14.4. The average molecular weight is 635 g/mol. The summed E-state index contributed by atoms with van der Waals surface area (Å²) >= 11 is 0. The van der Waals surface area contributed by atoms with Crippen molar-refractivity contribution in [3.63, 3.8) is 0 Å². The van der Waals surface area contributed by atoms with Gasteiger partial charge in [0.2, 0.25) is 10.0 Å². The number of benzene rings is 3. The Labute approximate surface area is 262 Å². The van der Waals surface area contributed by atoms with Crippen LogP contribution in [0.4, 0.5) is 19.3 Å². The van der Waals surface area contributed by atoms with Crippen molar-refractivity contribution >= 4 is 21.7 Å². The quantitative estimate of drug-likeness (QED) is 0.314. The predicted octanol–water partition coefficient (Wildman–Crippen LogP) is 6.29. The summed E-state index contributed by atoms with van der Waals surface area (Å²) in [5.41, 5.74) is 2.01. The molecule has 11 heteroatoms. The molecule has 1 heterocycles. The molecular formula is C34H36F2N4O4S. The number of carbonyl (C=O) groups excluding carboxylic acids is 1. The molecule has 3 aliphatic rings. The molecule has 2 saturated carbocycles. The van der Waals surface area contributed by atoms with Crippen LogP contribution in [0.5, 0.6) is 5.75 Å². The maximum atomic E-state index is 13.9. The van der Waals surface area contributed by atoms with Crippen molar-refractivity contribution in [1.82, 2.24) is 9.21 Å². The molecule has 3 fully saturated rings. The van der Waals surface area contributed by atoms with E-state index in [2.05, 4.69) is 17.5 Å². The van der Waals surface area contributed by atoms with E-state index in [4.69, 9.17) is 4.74 Å². The number of fused-ring (bicyclic) bond motifs is 1. The Bertz CT molecular complexity index is 1720. The minimum absolute atomic E-state index is 0.0206. The van der Waals surface area contributed by atoms with Gasteiger partial charge in [-0.15, -0.1) is 0 Å². The second kappa shape index (κ2) is 12.4. The summed E-state index contributed by atoms with van der Waals surface area (Å²) in [4.78, 5) is 15.8. The number of hydrogen-bond donors (Lipinski definition) is 1. The number of carbonyl (C=O) groups is 1. The summed E-state index contributed by atoms with van der Waals surface area (Å²) in [5.74, 6) is -0.999. The van der Waals surface area contributed by atoms with Gasteiger partial charge in [-0.25, -0.2) is 22.0 Å². The standard InChI is InChI=1S/C34H36F2N4O4S/c1-44-29-6-8-30(9-7-29)45(42,43)39-15-12-23(13-16-39)22-40(33(41)38-27-5-10-31(35)32(36)19-27)28-11-14-34(20-26(34)18-28)25-4-2-3-24(17-25)21-37/h2-10,17,19,23,26,28H,11-16,18,20,22H2,1H3,(H,38,41)/t26?,28-,34+/m1/s1. The normalized spacial score (nSPS) is 23.4. The summed E-state index contributed by atoms with van der Waals surface area (Å²) in [6.07, 6.45) is 4.62. The van der Waals surface area contributed by atoms with Gasteiger partial charge >= 0.3 is 6.03 Å². The fourth-order valence-corrected chi connectivity index (χ4v) is 8.69. The molecule has 0 bridgehead atoms. The molecule has 1 saturated heterocycles. The van der Waals surface area contributed by atoms with Crippen LogP contribution in [-0.2, 0) is 15.4 Å². The van der Waals surface area contributed by atoms with Crippen molar-refractivity contribution in [2.24, 2.45) is 11.8 Å². The number of halogens is 2. The summed E-state index contributed by atoms with van der Waals surface area (Å²) in [6, 6.07) is 19.2. The minimum atomic E-state index is -3.67. The Kier molecular flexibility index (Phi) is 8.55. The van der Waals surface area contributed by atoms with E-state index in [1.54, 1.807) is 30.3 Å². The molecule has 3 atom stereocenters. The third-order valence-corrected chi connectivity index (χ3v) is 11.8. The molecule has 0 radical (unpaired) electrons. The molecule has 1 N–H and O–H groups in total. The van der Waals surface area contributed by atoms with Gasteiger partial charge in [0.25, 0.3) is 0 Å². The van der Waals surface area contributed by atoms with E-state index in [1.165, 1.54) is 23.0 Å². The van der Waals surface area contributed by atoms with E-state index in [-0.39, 0.29) is 34.0 Å². The fourth-order valence-electron chi connectivity index (χ4n) is 7.22. The number of ether oxygens (including phenoxy) is 1. The lowest BCUT2D eigenvalue weighted by Gasteiger charge is -2.40. The van der Waals surface area contributed by atoms with Crippen LogP contribution in [0, 0.1) is 34.8 Å². The van der Waals surface area contributed by atoms with E-state index < -0.39 is 21.7 Å².